The number of aromatic nitrogens is 2. The third-order valence-electron chi connectivity index (χ3n) is 4.51. The van der Waals surface area contributed by atoms with Crippen molar-refractivity contribution >= 4 is 44.9 Å². The van der Waals surface area contributed by atoms with Crippen LogP contribution >= 0.6 is 22.9 Å². The maximum absolute atomic E-state index is 11.2. The fourth-order valence-electron chi connectivity index (χ4n) is 3.06. The lowest BCUT2D eigenvalue weighted by atomic mass is 10.1. The van der Waals surface area contributed by atoms with Crippen LogP contribution in [0.1, 0.15) is 5.56 Å². The van der Waals surface area contributed by atoms with Crippen molar-refractivity contribution in [3.8, 4) is 10.4 Å². The smallest absolute Gasteiger partial charge is 0.245 e. The number of aliphatic hydroxyl groups is 1. The van der Waals surface area contributed by atoms with Crippen molar-refractivity contribution in [1.29, 1.82) is 0 Å². The first-order valence-electron chi connectivity index (χ1n) is 8.90. The number of nitrogens with zero attached hydrogens (tertiary/aromatic N) is 3. The molecule has 9 heteroatoms. The van der Waals surface area contributed by atoms with Gasteiger partial charge in [-0.05, 0) is 28.8 Å². The zero-order valence-corrected chi connectivity index (χ0v) is 16.6. The summed E-state index contributed by atoms with van der Waals surface area (Å²) in [5.74, 6) is 0.470. The Morgan fingerprint density at radius 1 is 1.25 bits per heavy atom. The number of rotatable bonds is 5. The lowest BCUT2D eigenvalue weighted by Crippen LogP contribution is -2.36. The molecule has 0 aliphatic carbocycles. The number of fused-ring (bicyclic) bond motifs is 1. The third-order valence-corrected chi connectivity index (χ3v) is 5.85. The van der Waals surface area contributed by atoms with E-state index in [9.17, 15) is 4.79 Å². The lowest BCUT2D eigenvalue weighted by molar-refractivity contribution is -0.123. The number of morpholine rings is 1. The first-order valence-corrected chi connectivity index (χ1v) is 10.1. The van der Waals surface area contributed by atoms with Gasteiger partial charge in [-0.25, -0.2) is 4.98 Å². The van der Waals surface area contributed by atoms with Crippen LogP contribution in [-0.2, 0) is 16.1 Å². The predicted octanol–water partition coefficient (Wildman–Crippen LogP) is 2.46. The number of carbonyl (C=O) groups excluding carboxylic acids is 1. The van der Waals surface area contributed by atoms with E-state index >= 15 is 0 Å². The maximum atomic E-state index is 11.2. The molecule has 28 heavy (non-hydrogen) atoms. The summed E-state index contributed by atoms with van der Waals surface area (Å²) in [6.07, 6.45) is 0. The Labute approximate surface area is 170 Å². The van der Waals surface area contributed by atoms with Crippen LogP contribution in [0.5, 0.6) is 0 Å². The van der Waals surface area contributed by atoms with E-state index < -0.39 is 6.61 Å². The molecule has 1 amide bonds. The first-order chi connectivity index (χ1) is 13.6. The third kappa shape index (κ3) is 4.10. The summed E-state index contributed by atoms with van der Waals surface area (Å²) in [7, 11) is 0. The van der Waals surface area contributed by atoms with Gasteiger partial charge in [0.05, 0.1) is 23.4 Å². The molecule has 0 bridgehead atoms. The molecule has 1 fully saturated rings. The molecule has 1 aliphatic heterocycles. The Morgan fingerprint density at radius 2 is 2.00 bits per heavy atom. The van der Waals surface area contributed by atoms with Crippen LogP contribution in [0.2, 0.25) is 5.28 Å². The highest BCUT2D eigenvalue weighted by Crippen LogP contribution is 2.38. The zero-order valence-electron chi connectivity index (χ0n) is 15.0. The molecular formula is C19H19ClN4O3S. The molecule has 146 valence electrons. The molecule has 2 aromatic heterocycles. The second-order valence-corrected chi connectivity index (χ2v) is 7.76. The number of hydrogen-bond acceptors (Lipinski definition) is 7. The van der Waals surface area contributed by atoms with E-state index in [1.165, 1.54) is 0 Å². The summed E-state index contributed by atoms with van der Waals surface area (Å²) in [6, 6.07) is 9.96. The molecule has 0 radical (unpaired) electrons. The molecule has 4 rings (SSSR count). The predicted molar refractivity (Wildman–Crippen MR) is 110 cm³/mol. The van der Waals surface area contributed by atoms with E-state index in [4.69, 9.17) is 21.4 Å². The van der Waals surface area contributed by atoms with Gasteiger partial charge >= 0.3 is 0 Å². The van der Waals surface area contributed by atoms with E-state index in [-0.39, 0.29) is 11.2 Å². The highest BCUT2D eigenvalue weighted by atomic mass is 35.5. The van der Waals surface area contributed by atoms with Gasteiger partial charge in [-0.3, -0.25) is 4.79 Å². The van der Waals surface area contributed by atoms with Crippen molar-refractivity contribution < 1.29 is 14.6 Å². The molecule has 7 nitrogen and oxygen atoms in total. The molecular weight excluding hydrogens is 400 g/mol. The van der Waals surface area contributed by atoms with E-state index in [1.54, 1.807) is 11.3 Å². The van der Waals surface area contributed by atoms with Gasteiger partial charge in [-0.2, -0.15) is 4.98 Å². The number of hydrogen-bond donors (Lipinski definition) is 2. The van der Waals surface area contributed by atoms with Gasteiger partial charge in [0.2, 0.25) is 11.2 Å². The fourth-order valence-corrected chi connectivity index (χ4v) is 4.35. The molecule has 1 saturated heterocycles. The van der Waals surface area contributed by atoms with Crippen LogP contribution in [-0.4, -0.2) is 53.9 Å². The van der Waals surface area contributed by atoms with Crippen molar-refractivity contribution in [2.24, 2.45) is 0 Å². The molecule has 3 heterocycles. The normalized spacial score (nSPS) is 14.4. The Balaban J connectivity index is 1.61. The minimum absolute atomic E-state index is 0.244. The Bertz CT molecular complexity index is 987. The summed E-state index contributed by atoms with van der Waals surface area (Å²) < 4.78 is 6.45. The van der Waals surface area contributed by atoms with Crippen LogP contribution in [0.25, 0.3) is 20.7 Å². The minimum atomic E-state index is -0.505. The molecule has 1 aromatic carbocycles. The van der Waals surface area contributed by atoms with Crippen LogP contribution in [0.15, 0.2) is 30.3 Å². The molecule has 0 spiro atoms. The second kappa shape index (κ2) is 8.40. The summed E-state index contributed by atoms with van der Waals surface area (Å²) in [6.45, 7) is 2.79. The second-order valence-electron chi connectivity index (χ2n) is 6.37. The highest BCUT2D eigenvalue weighted by Gasteiger charge is 2.19. The van der Waals surface area contributed by atoms with Gasteiger partial charge in [-0.15, -0.1) is 11.3 Å². The van der Waals surface area contributed by atoms with Gasteiger partial charge in [0, 0.05) is 24.5 Å². The number of benzene rings is 1. The van der Waals surface area contributed by atoms with Crippen molar-refractivity contribution in [2.45, 2.75) is 6.54 Å². The van der Waals surface area contributed by atoms with Gasteiger partial charge < -0.3 is 20.1 Å². The number of amides is 1. The number of anilines is 1. The van der Waals surface area contributed by atoms with Crippen LogP contribution < -0.4 is 10.2 Å². The summed E-state index contributed by atoms with van der Waals surface area (Å²) in [5.41, 5.74) is 2.86. The van der Waals surface area contributed by atoms with Gasteiger partial charge in [0.1, 0.15) is 6.61 Å². The van der Waals surface area contributed by atoms with Crippen molar-refractivity contribution in [3.05, 3.63) is 41.2 Å². The Kier molecular flexibility index (Phi) is 5.72. The number of ether oxygens (including phenoxy) is 1. The molecule has 0 saturated carbocycles. The molecule has 3 aromatic rings. The monoisotopic (exact) mass is 418 g/mol. The van der Waals surface area contributed by atoms with Gasteiger partial charge in [0.25, 0.3) is 0 Å². The number of nitrogens with one attached hydrogen (secondary N) is 1. The van der Waals surface area contributed by atoms with Crippen LogP contribution in [0, 0.1) is 0 Å². The summed E-state index contributed by atoms with van der Waals surface area (Å²) >= 11 is 7.80. The van der Waals surface area contributed by atoms with Gasteiger partial charge in [0.15, 0.2) is 5.82 Å². The van der Waals surface area contributed by atoms with Crippen molar-refractivity contribution in [1.82, 2.24) is 15.3 Å². The Morgan fingerprint density at radius 3 is 2.71 bits per heavy atom. The largest absolute Gasteiger partial charge is 0.387 e. The van der Waals surface area contributed by atoms with Crippen LogP contribution in [0.4, 0.5) is 5.82 Å². The molecule has 0 atom stereocenters. The molecule has 2 N–H and O–H groups in total. The average Bonchev–Trinajstić information content (AvgIpc) is 3.16. The van der Waals surface area contributed by atoms with Crippen molar-refractivity contribution in [3.63, 3.8) is 0 Å². The van der Waals surface area contributed by atoms with Crippen molar-refractivity contribution in [2.75, 3.05) is 37.8 Å². The fraction of sp³-hybridized carbons (Fsp3) is 0.316. The highest BCUT2D eigenvalue weighted by molar-refractivity contribution is 7.22. The average molecular weight is 419 g/mol. The van der Waals surface area contributed by atoms with E-state index in [2.05, 4.69) is 20.2 Å². The topological polar surface area (TPSA) is 87.6 Å². The first kappa shape index (κ1) is 19.1. The molecule has 0 unspecified atom stereocenters. The quantitative estimate of drug-likeness (QED) is 0.619. The van der Waals surface area contributed by atoms with Gasteiger partial charge in [-0.1, -0.05) is 24.3 Å². The van der Waals surface area contributed by atoms with Crippen LogP contribution in [0.3, 0.4) is 0 Å². The van der Waals surface area contributed by atoms with E-state index in [0.717, 1.165) is 45.1 Å². The summed E-state index contributed by atoms with van der Waals surface area (Å²) in [5, 5.41) is 11.7. The number of aliphatic hydroxyl groups excluding tert-OH is 1. The zero-order chi connectivity index (χ0) is 19.5. The van der Waals surface area contributed by atoms with E-state index in [0.29, 0.717) is 19.8 Å². The lowest BCUT2D eigenvalue weighted by Gasteiger charge is -2.28. The molecule has 1 aliphatic rings. The Hall–Kier alpha value is -2.26. The maximum Gasteiger partial charge on any atom is 0.245 e. The number of carbonyl (C=O) groups is 1. The summed E-state index contributed by atoms with van der Waals surface area (Å²) in [4.78, 5) is 23.3. The number of thiophene rings is 1. The SMILES string of the molecule is O=C(CO)NCc1ccc(-c2cc3nc(Cl)nc(N4CCOCC4)c3s2)cc1. The standard InChI is InChI=1S/C19H19ClN4O3S/c20-19-22-14-9-15(13-3-1-12(2-4-13)10-21-16(26)11-25)28-17(14)18(23-19)24-5-7-27-8-6-24/h1-4,9,25H,5-8,10-11H2,(H,21,26). The minimum Gasteiger partial charge on any atom is -0.387 e. The van der Waals surface area contributed by atoms with E-state index in [1.807, 2.05) is 30.3 Å². The number of halogens is 1.